The number of benzene rings is 1. The maximum absolute atomic E-state index is 15.0. The van der Waals surface area contributed by atoms with Crippen LogP contribution in [0, 0.1) is 12.7 Å². The monoisotopic (exact) mass is 757 g/mol. The maximum Gasteiger partial charge on any atom is 0.509 e. The van der Waals surface area contributed by atoms with E-state index in [9.17, 15) is 27.6 Å². The predicted octanol–water partition coefficient (Wildman–Crippen LogP) is 1.70. The standard InChI is InChI=1S/C34H40FN7O10S/c1-5-34(51-33(46)49-13-8-37-32(45)52-40-9-11-41(12-10-40)53(47,48)39(3)4)22-14-26-29-20(16-42(26)30(43)21(22)17-50-31(34)44)27-24(36)7-6-19-18(2)23(35)15-25(38-29)28(19)27/h14-15,24H,5-13,16-17,36H2,1-4H3,(H,37,45)/t24-,34-/m0/s1. The van der Waals surface area contributed by atoms with Crippen LogP contribution in [0.2, 0.25) is 0 Å². The van der Waals surface area contributed by atoms with E-state index in [0.29, 0.717) is 35.3 Å². The van der Waals surface area contributed by atoms with E-state index in [-0.39, 0.29) is 81.9 Å². The number of aromatic nitrogens is 2. The number of cyclic esters (lactones) is 1. The summed E-state index contributed by atoms with van der Waals surface area (Å²) in [5, 5.41) is 4.55. The van der Waals surface area contributed by atoms with Crippen molar-refractivity contribution in [2.75, 3.05) is 53.4 Å². The van der Waals surface area contributed by atoms with Gasteiger partial charge in [-0.3, -0.25) is 4.79 Å². The molecule has 53 heavy (non-hydrogen) atoms. The molecule has 0 unspecified atom stereocenters. The number of fused-ring (bicyclic) bond motifs is 5. The summed E-state index contributed by atoms with van der Waals surface area (Å²) in [4.78, 5) is 62.8. The van der Waals surface area contributed by atoms with Gasteiger partial charge in [0.15, 0.2) is 0 Å². The van der Waals surface area contributed by atoms with Crippen molar-refractivity contribution in [3.8, 4) is 11.4 Å². The first-order chi connectivity index (χ1) is 25.2. The zero-order chi connectivity index (χ0) is 38.0. The Morgan fingerprint density at radius 2 is 1.89 bits per heavy atom. The number of piperazine rings is 1. The molecule has 3 aromatic rings. The van der Waals surface area contributed by atoms with Crippen molar-refractivity contribution in [2.45, 2.75) is 57.9 Å². The number of nitrogens with two attached hydrogens (primary N) is 1. The summed E-state index contributed by atoms with van der Waals surface area (Å²) in [5.41, 5.74) is 8.60. The highest BCUT2D eigenvalue weighted by molar-refractivity contribution is 7.86. The van der Waals surface area contributed by atoms with E-state index in [1.165, 1.54) is 34.1 Å². The predicted molar refractivity (Wildman–Crippen MR) is 185 cm³/mol. The Kier molecular flexibility index (Phi) is 9.42. The molecule has 5 heterocycles. The van der Waals surface area contributed by atoms with Gasteiger partial charge in [-0.25, -0.2) is 23.8 Å². The van der Waals surface area contributed by atoms with Crippen molar-refractivity contribution in [1.82, 2.24) is 28.5 Å². The molecule has 4 aliphatic rings. The number of halogens is 1. The fourth-order valence-electron chi connectivity index (χ4n) is 7.58. The van der Waals surface area contributed by atoms with Gasteiger partial charge in [-0.1, -0.05) is 6.92 Å². The lowest BCUT2D eigenvalue weighted by molar-refractivity contribution is -0.175. The number of hydroxylamine groups is 2. The summed E-state index contributed by atoms with van der Waals surface area (Å²) in [6.45, 7) is 3.16. The number of hydrogen-bond donors (Lipinski definition) is 2. The summed E-state index contributed by atoms with van der Waals surface area (Å²) >= 11 is 0. The molecular weight excluding hydrogens is 717 g/mol. The molecular formula is C34H40FN7O10S. The van der Waals surface area contributed by atoms with Crippen molar-refractivity contribution >= 4 is 39.3 Å². The van der Waals surface area contributed by atoms with Crippen LogP contribution in [0.5, 0.6) is 0 Å². The fourth-order valence-corrected chi connectivity index (χ4v) is 8.67. The molecule has 17 nitrogen and oxygen atoms in total. The Balaban J connectivity index is 1.06. The highest BCUT2D eigenvalue weighted by atomic mass is 32.2. The van der Waals surface area contributed by atoms with E-state index >= 15 is 4.39 Å². The second-order valence-corrected chi connectivity index (χ2v) is 15.7. The van der Waals surface area contributed by atoms with Crippen LogP contribution in [0.25, 0.3) is 22.3 Å². The molecule has 0 bridgehead atoms. The lowest BCUT2D eigenvalue weighted by atomic mass is 9.82. The van der Waals surface area contributed by atoms with Crippen LogP contribution in [0.3, 0.4) is 0 Å². The molecule has 3 N–H and O–H groups in total. The number of esters is 1. The SMILES string of the molecule is CC[C@@]1(OC(=O)OCCNC(=O)ON2CCN(S(=O)(=O)N(C)C)CC2)C(=O)OCc2c1cc1n(c2=O)Cc2c-1nc1cc(F)c(C)c3c1c2[C@@H](N)CC3. The summed E-state index contributed by atoms with van der Waals surface area (Å²) in [7, 11) is -0.720. The average molecular weight is 758 g/mol. The number of ether oxygens (including phenoxy) is 3. The molecule has 1 amide bonds. The van der Waals surface area contributed by atoms with Gasteiger partial charge >= 0.3 is 18.2 Å². The van der Waals surface area contributed by atoms with E-state index in [2.05, 4.69) is 5.32 Å². The second kappa shape index (κ2) is 13.6. The molecule has 3 aliphatic heterocycles. The smallest absolute Gasteiger partial charge is 0.457 e. The Labute approximate surface area is 303 Å². The molecule has 1 aliphatic carbocycles. The highest BCUT2D eigenvalue weighted by Gasteiger charge is 2.51. The van der Waals surface area contributed by atoms with Crippen LogP contribution in [-0.2, 0) is 59.2 Å². The minimum atomic E-state index is -3.59. The summed E-state index contributed by atoms with van der Waals surface area (Å²) < 4.78 is 59.7. The number of carbonyl (C=O) groups excluding carboxylic acids is 3. The van der Waals surface area contributed by atoms with Gasteiger partial charge < -0.3 is 34.7 Å². The van der Waals surface area contributed by atoms with Gasteiger partial charge in [-0.05, 0) is 48.9 Å². The number of nitrogens with zero attached hydrogens (tertiary/aromatic N) is 5. The first kappa shape index (κ1) is 36.7. The van der Waals surface area contributed by atoms with Crippen LogP contribution in [0.4, 0.5) is 14.0 Å². The molecule has 2 atom stereocenters. The van der Waals surface area contributed by atoms with Gasteiger partial charge in [-0.2, -0.15) is 17.0 Å². The Hall–Kier alpha value is -4.69. The van der Waals surface area contributed by atoms with Gasteiger partial charge in [-0.15, -0.1) is 5.06 Å². The zero-order valence-corrected chi connectivity index (χ0v) is 30.5. The third-order valence-electron chi connectivity index (χ3n) is 10.4. The van der Waals surface area contributed by atoms with Gasteiger partial charge in [0.05, 0.1) is 35.6 Å². The first-order valence-corrected chi connectivity index (χ1v) is 18.7. The third-order valence-corrected chi connectivity index (χ3v) is 12.4. The lowest BCUT2D eigenvalue weighted by Gasteiger charge is -2.35. The van der Waals surface area contributed by atoms with Crippen LogP contribution in [-0.4, -0.2) is 103 Å². The van der Waals surface area contributed by atoms with Crippen molar-refractivity contribution in [3.05, 3.63) is 61.7 Å². The number of carbonyl (C=O) groups is 3. The number of rotatable bonds is 8. The van der Waals surface area contributed by atoms with Gasteiger partial charge in [0.2, 0.25) is 5.60 Å². The molecule has 1 saturated heterocycles. The molecule has 0 spiro atoms. The molecule has 0 radical (unpaired) electrons. The van der Waals surface area contributed by atoms with E-state index in [0.717, 1.165) is 26.4 Å². The number of amides is 1. The highest BCUT2D eigenvalue weighted by Crippen LogP contribution is 2.46. The Bertz CT molecular complexity index is 2220. The first-order valence-electron chi connectivity index (χ1n) is 17.3. The quantitative estimate of drug-likeness (QED) is 0.194. The van der Waals surface area contributed by atoms with Crippen molar-refractivity contribution < 1.29 is 46.2 Å². The molecule has 1 fully saturated rings. The second-order valence-electron chi connectivity index (χ2n) is 13.5. The number of nitrogens with one attached hydrogen (secondary N) is 1. The number of aryl methyl sites for hydroxylation is 1. The molecule has 2 aromatic heterocycles. The average Bonchev–Trinajstić information content (AvgIpc) is 3.49. The van der Waals surface area contributed by atoms with E-state index in [1.54, 1.807) is 19.9 Å². The normalized spacial score (nSPS) is 21.1. The number of pyridine rings is 2. The maximum atomic E-state index is 15.0. The number of hydrogen-bond acceptors (Lipinski definition) is 13. The summed E-state index contributed by atoms with van der Waals surface area (Å²) in [5.74, 6) is -1.28. The molecule has 0 saturated carbocycles. The third kappa shape index (κ3) is 6.09. The van der Waals surface area contributed by atoms with Gasteiger partial charge in [0.25, 0.3) is 15.8 Å². The van der Waals surface area contributed by atoms with E-state index in [1.807, 2.05) is 0 Å². The van der Waals surface area contributed by atoms with E-state index < -0.39 is 39.6 Å². The van der Waals surface area contributed by atoms with Crippen molar-refractivity contribution in [2.24, 2.45) is 5.73 Å². The Morgan fingerprint density at radius 1 is 1.15 bits per heavy atom. The minimum Gasteiger partial charge on any atom is -0.457 e. The molecule has 19 heteroatoms. The van der Waals surface area contributed by atoms with Crippen LogP contribution in [0.15, 0.2) is 16.9 Å². The Morgan fingerprint density at radius 3 is 2.58 bits per heavy atom. The minimum absolute atomic E-state index is 0.105. The summed E-state index contributed by atoms with van der Waals surface area (Å²) in [6, 6.07) is 2.61. The van der Waals surface area contributed by atoms with Crippen molar-refractivity contribution in [1.29, 1.82) is 0 Å². The largest absolute Gasteiger partial charge is 0.509 e. The summed E-state index contributed by atoms with van der Waals surface area (Å²) in [6.07, 6.45) is -0.995. The van der Waals surface area contributed by atoms with Gasteiger partial charge in [0.1, 0.15) is 19.0 Å². The topological polar surface area (TPSA) is 205 Å². The molecule has 7 rings (SSSR count). The fraction of sp³-hybridized carbons (Fsp3) is 0.500. The van der Waals surface area contributed by atoms with Crippen LogP contribution in [0.1, 0.15) is 59.2 Å². The molecule has 1 aromatic carbocycles. The van der Waals surface area contributed by atoms with Gasteiger partial charge in [0, 0.05) is 68.9 Å². The lowest BCUT2D eigenvalue weighted by Crippen LogP contribution is -2.52. The van der Waals surface area contributed by atoms with Crippen molar-refractivity contribution in [3.63, 3.8) is 0 Å². The van der Waals surface area contributed by atoms with E-state index in [4.69, 9.17) is 29.8 Å². The van der Waals surface area contributed by atoms with Crippen LogP contribution < -0.4 is 16.6 Å². The zero-order valence-electron chi connectivity index (χ0n) is 29.7. The molecule has 284 valence electrons. The van der Waals surface area contributed by atoms with Crippen LogP contribution >= 0.6 is 0 Å².